The van der Waals surface area contributed by atoms with E-state index in [0.717, 1.165) is 6.07 Å². The first-order chi connectivity index (χ1) is 9.84. The van der Waals surface area contributed by atoms with Crippen LogP contribution in [0.4, 0.5) is 8.78 Å². The van der Waals surface area contributed by atoms with Crippen LogP contribution in [0.15, 0.2) is 12.1 Å². The Balaban J connectivity index is 2.60. The quantitative estimate of drug-likeness (QED) is 0.890. The monoisotopic (exact) mass is 301 g/mol. The van der Waals surface area contributed by atoms with Gasteiger partial charge in [0.25, 0.3) is 5.92 Å². The predicted octanol–water partition coefficient (Wildman–Crippen LogP) is 2.09. The van der Waals surface area contributed by atoms with Crippen molar-refractivity contribution in [3.05, 3.63) is 23.3 Å². The lowest BCUT2D eigenvalue weighted by Crippen LogP contribution is -2.25. The third kappa shape index (κ3) is 3.24. The molecule has 0 fully saturated rings. The minimum absolute atomic E-state index is 0.0400. The Labute approximate surface area is 120 Å². The standard InChI is InChI=1S/C14H17F2NO4/c1-14(15,16)10-6-12-11(20-3-2-4-21-12)5-8(10)9(7-17)13(18)19/h5-6,9H,2-4,7,17H2,1H3,(H,18,19). The number of aliphatic carboxylic acids is 1. The van der Waals surface area contributed by atoms with Gasteiger partial charge in [-0.15, -0.1) is 0 Å². The Kier molecular flexibility index (Phi) is 4.32. The summed E-state index contributed by atoms with van der Waals surface area (Å²) in [5, 5.41) is 9.18. The van der Waals surface area contributed by atoms with Crippen LogP contribution in [0.1, 0.15) is 30.4 Å². The molecule has 0 amide bonds. The molecule has 1 aromatic rings. The number of nitrogens with two attached hydrogens (primary N) is 1. The van der Waals surface area contributed by atoms with E-state index in [1.54, 1.807) is 0 Å². The zero-order chi connectivity index (χ0) is 15.6. The summed E-state index contributed by atoms with van der Waals surface area (Å²) >= 11 is 0. The van der Waals surface area contributed by atoms with Gasteiger partial charge >= 0.3 is 5.97 Å². The Morgan fingerprint density at radius 3 is 2.43 bits per heavy atom. The van der Waals surface area contributed by atoms with Crippen molar-refractivity contribution in [3.63, 3.8) is 0 Å². The molecule has 0 radical (unpaired) electrons. The third-order valence-corrected chi connectivity index (χ3v) is 3.30. The lowest BCUT2D eigenvalue weighted by atomic mass is 9.91. The maximum absolute atomic E-state index is 13.8. The van der Waals surface area contributed by atoms with Gasteiger partial charge in [0.15, 0.2) is 11.5 Å². The number of rotatable bonds is 4. The summed E-state index contributed by atoms with van der Waals surface area (Å²) in [5.41, 5.74) is 4.99. The van der Waals surface area contributed by atoms with Crippen LogP contribution in [0.3, 0.4) is 0 Å². The SMILES string of the molecule is CC(F)(F)c1cc2c(cc1C(CN)C(=O)O)OCCCO2. The fourth-order valence-corrected chi connectivity index (χ4v) is 2.25. The largest absolute Gasteiger partial charge is 0.490 e. The highest BCUT2D eigenvalue weighted by atomic mass is 19.3. The van der Waals surface area contributed by atoms with Crippen LogP contribution in [0, 0.1) is 0 Å². The molecule has 1 aromatic carbocycles. The van der Waals surface area contributed by atoms with E-state index in [1.165, 1.54) is 6.07 Å². The highest BCUT2D eigenvalue weighted by Gasteiger charge is 2.34. The number of hydrogen-bond acceptors (Lipinski definition) is 4. The molecular formula is C14H17F2NO4. The average Bonchev–Trinajstić information content (AvgIpc) is 2.61. The van der Waals surface area contributed by atoms with Gasteiger partial charge in [-0.3, -0.25) is 4.79 Å². The molecule has 2 rings (SSSR count). The van der Waals surface area contributed by atoms with Crippen LogP contribution in [0.5, 0.6) is 11.5 Å². The van der Waals surface area contributed by atoms with Crippen LogP contribution in [0.2, 0.25) is 0 Å². The van der Waals surface area contributed by atoms with Gasteiger partial charge in [-0.25, -0.2) is 8.78 Å². The Bertz CT molecular complexity index is 543. The van der Waals surface area contributed by atoms with E-state index in [4.69, 9.17) is 15.2 Å². The summed E-state index contributed by atoms with van der Waals surface area (Å²) in [6, 6.07) is 2.46. The van der Waals surface area contributed by atoms with E-state index in [1.807, 2.05) is 0 Å². The number of alkyl halides is 2. The van der Waals surface area contributed by atoms with E-state index in [2.05, 4.69) is 0 Å². The molecule has 1 heterocycles. The minimum atomic E-state index is -3.21. The topological polar surface area (TPSA) is 81.8 Å². The van der Waals surface area contributed by atoms with Crippen molar-refractivity contribution >= 4 is 5.97 Å². The molecule has 1 atom stereocenters. The second-order valence-corrected chi connectivity index (χ2v) is 4.95. The number of benzene rings is 1. The number of halogens is 2. The molecule has 1 aliphatic rings. The van der Waals surface area contributed by atoms with E-state index < -0.39 is 23.4 Å². The van der Waals surface area contributed by atoms with Gasteiger partial charge in [-0.05, 0) is 17.7 Å². The summed E-state index contributed by atoms with van der Waals surface area (Å²) in [4.78, 5) is 11.2. The number of carboxylic acids is 1. The van der Waals surface area contributed by atoms with Crippen LogP contribution < -0.4 is 15.2 Å². The fraction of sp³-hybridized carbons (Fsp3) is 0.500. The molecule has 1 unspecified atom stereocenters. The van der Waals surface area contributed by atoms with Crippen LogP contribution in [0.25, 0.3) is 0 Å². The summed E-state index contributed by atoms with van der Waals surface area (Å²) in [6.45, 7) is 1.18. The van der Waals surface area contributed by atoms with Crippen LogP contribution in [-0.4, -0.2) is 30.8 Å². The van der Waals surface area contributed by atoms with Crippen molar-refractivity contribution in [1.29, 1.82) is 0 Å². The van der Waals surface area contributed by atoms with Crippen molar-refractivity contribution in [1.82, 2.24) is 0 Å². The first kappa shape index (κ1) is 15.5. The van der Waals surface area contributed by atoms with Crippen LogP contribution in [-0.2, 0) is 10.7 Å². The van der Waals surface area contributed by atoms with Crippen LogP contribution >= 0.6 is 0 Å². The first-order valence-corrected chi connectivity index (χ1v) is 6.59. The van der Waals surface area contributed by atoms with E-state index in [9.17, 15) is 18.7 Å². The van der Waals surface area contributed by atoms with Gasteiger partial charge in [0.2, 0.25) is 0 Å². The normalized spacial score (nSPS) is 16.2. The number of carbonyl (C=O) groups is 1. The minimum Gasteiger partial charge on any atom is -0.490 e. The van der Waals surface area contributed by atoms with Crippen molar-refractivity contribution in [3.8, 4) is 11.5 Å². The summed E-state index contributed by atoms with van der Waals surface area (Å²) in [7, 11) is 0. The maximum atomic E-state index is 13.8. The molecule has 5 nitrogen and oxygen atoms in total. The van der Waals surface area contributed by atoms with E-state index in [-0.39, 0.29) is 23.6 Å². The van der Waals surface area contributed by atoms with Gasteiger partial charge in [-0.1, -0.05) is 0 Å². The highest BCUT2D eigenvalue weighted by Crippen LogP contribution is 2.41. The smallest absolute Gasteiger partial charge is 0.312 e. The second kappa shape index (κ2) is 5.85. The third-order valence-electron chi connectivity index (χ3n) is 3.30. The Hall–Kier alpha value is -1.89. The van der Waals surface area contributed by atoms with Gasteiger partial charge in [0, 0.05) is 25.5 Å². The Morgan fingerprint density at radius 1 is 1.38 bits per heavy atom. The van der Waals surface area contributed by atoms with E-state index in [0.29, 0.717) is 26.6 Å². The zero-order valence-electron chi connectivity index (χ0n) is 11.6. The van der Waals surface area contributed by atoms with Crippen molar-refractivity contribution in [2.75, 3.05) is 19.8 Å². The van der Waals surface area contributed by atoms with Gasteiger partial charge in [0.1, 0.15) is 0 Å². The highest BCUT2D eigenvalue weighted by molar-refractivity contribution is 5.77. The first-order valence-electron chi connectivity index (χ1n) is 6.59. The van der Waals surface area contributed by atoms with Crippen molar-refractivity contribution < 1.29 is 28.2 Å². The molecule has 7 heteroatoms. The number of hydrogen-bond donors (Lipinski definition) is 2. The fourth-order valence-electron chi connectivity index (χ4n) is 2.25. The number of ether oxygens (including phenoxy) is 2. The lowest BCUT2D eigenvalue weighted by Gasteiger charge is -2.22. The summed E-state index contributed by atoms with van der Waals surface area (Å²) in [5.74, 6) is -5.20. The van der Waals surface area contributed by atoms with Crippen molar-refractivity contribution in [2.24, 2.45) is 5.73 Å². The van der Waals surface area contributed by atoms with Gasteiger partial charge in [-0.2, -0.15) is 0 Å². The maximum Gasteiger partial charge on any atom is 0.312 e. The van der Waals surface area contributed by atoms with Gasteiger partial charge < -0.3 is 20.3 Å². The number of fused-ring (bicyclic) bond motifs is 1. The van der Waals surface area contributed by atoms with E-state index >= 15 is 0 Å². The molecule has 0 spiro atoms. The summed E-state index contributed by atoms with van der Waals surface area (Å²) < 4.78 is 38.4. The Morgan fingerprint density at radius 2 is 1.95 bits per heavy atom. The zero-order valence-corrected chi connectivity index (χ0v) is 11.6. The lowest BCUT2D eigenvalue weighted by molar-refractivity contribution is -0.138. The molecule has 116 valence electrons. The molecule has 0 bridgehead atoms. The average molecular weight is 301 g/mol. The second-order valence-electron chi connectivity index (χ2n) is 4.95. The molecule has 0 aliphatic carbocycles. The molecule has 21 heavy (non-hydrogen) atoms. The van der Waals surface area contributed by atoms with Gasteiger partial charge in [0.05, 0.1) is 19.1 Å². The molecule has 1 aliphatic heterocycles. The molecule has 3 N–H and O–H groups in total. The molecule has 0 saturated heterocycles. The number of carboxylic acid groups (broad SMARTS) is 1. The molecule has 0 saturated carbocycles. The van der Waals surface area contributed by atoms with Crippen molar-refractivity contribution in [2.45, 2.75) is 25.2 Å². The molecular weight excluding hydrogens is 284 g/mol. The predicted molar refractivity (Wildman–Crippen MR) is 71.0 cm³/mol. The molecule has 0 aromatic heterocycles. The summed E-state index contributed by atoms with van der Waals surface area (Å²) in [6.07, 6.45) is 0.626.